The maximum Gasteiger partial charge on any atom is 0.175 e. The summed E-state index contributed by atoms with van der Waals surface area (Å²) in [6, 6.07) is 6.86. The van der Waals surface area contributed by atoms with E-state index in [1.807, 2.05) is 12.1 Å². The van der Waals surface area contributed by atoms with Gasteiger partial charge in [0, 0.05) is 17.6 Å². The monoisotopic (exact) mass is 302 g/mol. The Kier molecular flexibility index (Phi) is 6.17. The third kappa shape index (κ3) is 5.98. The number of hydrogen-bond acceptors (Lipinski definition) is 5. The van der Waals surface area contributed by atoms with Crippen LogP contribution >= 0.6 is 11.8 Å². The molecule has 0 unspecified atom stereocenters. The Labute approximate surface area is 117 Å². The average Bonchev–Trinajstić information content (AvgIpc) is 2.37. The van der Waals surface area contributed by atoms with E-state index in [4.69, 9.17) is 10.9 Å². The van der Waals surface area contributed by atoms with Crippen molar-refractivity contribution < 1.29 is 13.6 Å². The molecule has 3 N–H and O–H groups in total. The van der Waals surface area contributed by atoms with Crippen molar-refractivity contribution in [2.24, 2.45) is 10.9 Å². The van der Waals surface area contributed by atoms with Gasteiger partial charge in [-0.2, -0.15) is 0 Å². The van der Waals surface area contributed by atoms with Crippen LogP contribution in [0.3, 0.4) is 0 Å². The van der Waals surface area contributed by atoms with E-state index in [0.29, 0.717) is 11.3 Å². The van der Waals surface area contributed by atoms with E-state index >= 15 is 0 Å². The summed E-state index contributed by atoms with van der Waals surface area (Å²) in [6.07, 6.45) is 3.60. The number of oxime groups is 1. The number of benzene rings is 1. The lowest BCUT2D eigenvalue weighted by Gasteiger charge is -2.03. The van der Waals surface area contributed by atoms with Crippen LogP contribution in [0.1, 0.15) is 19.3 Å². The highest BCUT2D eigenvalue weighted by Crippen LogP contribution is 2.21. The van der Waals surface area contributed by atoms with Crippen molar-refractivity contribution in [2.75, 3.05) is 12.0 Å². The molecule has 0 fully saturated rings. The van der Waals surface area contributed by atoms with Gasteiger partial charge in [0.2, 0.25) is 0 Å². The van der Waals surface area contributed by atoms with E-state index in [1.165, 1.54) is 6.26 Å². The van der Waals surface area contributed by atoms with Crippen molar-refractivity contribution in [1.82, 2.24) is 0 Å². The lowest BCUT2D eigenvalue weighted by Crippen LogP contribution is -2.10. The van der Waals surface area contributed by atoms with Crippen molar-refractivity contribution in [2.45, 2.75) is 29.1 Å². The van der Waals surface area contributed by atoms with Crippen LogP contribution in [-0.2, 0) is 9.84 Å². The minimum absolute atomic E-state index is 0.252. The van der Waals surface area contributed by atoms with Gasteiger partial charge >= 0.3 is 0 Å². The smallest absolute Gasteiger partial charge is 0.175 e. The molecule has 0 heterocycles. The zero-order valence-corrected chi connectivity index (χ0v) is 12.4. The Balaban J connectivity index is 2.35. The summed E-state index contributed by atoms with van der Waals surface area (Å²) >= 11 is 1.66. The van der Waals surface area contributed by atoms with Gasteiger partial charge in [-0.3, -0.25) is 0 Å². The Hall–Kier alpha value is -1.21. The molecule has 0 aliphatic rings. The standard InChI is InChI=1S/C12H18N2O3S2/c1-19(16,17)11-7-5-10(6-8-11)18-9-3-2-4-12(13)14-15/h5-8,15H,2-4,9H2,1H3,(H2,13,14). The average molecular weight is 302 g/mol. The van der Waals surface area contributed by atoms with Crippen LogP contribution in [-0.4, -0.2) is 31.5 Å². The van der Waals surface area contributed by atoms with E-state index in [1.54, 1.807) is 23.9 Å². The number of amidine groups is 1. The summed E-state index contributed by atoms with van der Waals surface area (Å²) in [5.74, 6) is 1.17. The molecule has 19 heavy (non-hydrogen) atoms. The van der Waals surface area contributed by atoms with Crippen LogP contribution in [0.4, 0.5) is 0 Å². The highest BCUT2D eigenvalue weighted by Gasteiger charge is 2.06. The van der Waals surface area contributed by atoms with Crippen LogP contribution in [0.5, 0.6) is 0 Å². The summed E-state index contributed by atoms with van der Waals surface area (Å²) < 4.78 is 22.6. The minimum Gasteiger partial charge on any atom is -0.409 e. The first-order valence-electron chi connectivity index (χ1n) is 5.83. The minimum atomic E-state index is -3.12. The van der Waals surface area contributed by atoms with E-state index in [9.17, 15) is 8.42 Å². The van der Waals surface area contributed by atoms with Crippen molar-refractivity contribution in [3.63, 3.8) is 0 Å². The molecule has 5 nitrogen and oxygen atoms in total. The largest absolute Gasteiger partial charge is 0.409 e. The fraction of sp³-hybridized carbons (Fsp3) is 0.417. The number of rotatable bonds is 7. The molecule has 0 radical (unpaired) electrons. The molecule has 0 aliphatic heterocycles. The molecular weight excluding hydrogens is 284 g/mol. The first-order chi connectivity index (χ1) is 8.93. The quantitative estimate of drug-likeness (QED) is 0.201. The summed E-state index contributed by atoms with van der Waals surface area (Å²) in [6.45, 7) is 0. The molecule has 0 saturated carbocycles. The summed E-state index contributed by atoms with van der Waals surface area (Å²) in [5, 5.41) is 11.3. The van der Waals surface area contributed by atoms with E-state index < -0.39 is 9.84 Å². The normalized spacial score (nSPS) is 12.6. The second-order valence-electron chi connectivity index (χ2n) is 4.14. The zero-order valence-electron chi connectivity index (χ0n) is 10.7. The van der Waals surface area contributed by atoms with E-state index in [0.717, 1.165) is 23.5 Å². The SMILES string of the molecule is CS(=O)(=O)c1ccc(SCCCC/C(N)=N/O)cc1. The molecule has 0 spiro atoms. The van der Waals surface area contributed by atoms with Gasteiger partial charge in [-0.25, -0.2) is 8.42 Å². The van der Waals surface area contributed by atoms with Crippen LogP contribution in [0, 0.1) is 0 Å². The molecule has 0 amide bonds. The lowest BCUT2D eigenvalue weighted by atomic mass is 10.2. The molecule has 0 saturated heterocycles. The first-order valence-corrected chi connectivity index (χ1v) is 8.70. The van der Waals surface area contributed by atoms with Crippen LogP contribution < -0.4 is 5.73 Å². The van der Waals surface area contributed by atoms with Gasteiger partial charge in [-0.05, 0) is 42.9 Å². The predicted molar refractivity (Wildman–Crippen MR) is 77.5 cm³/mol. The fourth-order valence-electron chi connectivity index (χ4n) is 1.43. The summed E-state index contributed by atoms with van der Waals surface area (Å²) in [5.41, 5.74) is 5.36. The molecule has 106 valence electrons. The van der Waals surface area contributed by atoms with Crippen molar-refractivity contribution in [3.05, 3.63) is 24.3 Å². The number of hydrogen-bond donors (Lipinski definition) is 2. The van der Waals surface area contributed by atoms with E-state index in [-0.39, 0.29) is 5.84 Å². The van der Waals surface area contributed by atoms with Gasteiger partial charge in [-0.1, -0.05) is 5.16 Å². The molecule has 0 bridgehead atoms. The Morgan fingerprint density at radius 2 is 1.95 bits per heavy atom. The van der Waals surface area contributed by atoms with Gasteiger partial charge in [0.05, 0.1) is 4.90 Å². The summed E-state index contributed by atoms with van der Waals surface area (Å²) in [4.78, 5) is 1.37. The number of unbranched alkanes of at least 4 members (excludes halogenated alkanes) is 1. The van der Waals surface area contributed by atoms with Crippen molar-refractivity contribution >= 4 is 27.4 Å². The van der Waals surface area contributed by atoms with Crippen molar-refractivity contribution in [3.8, 4) is 0 Å². The topological polar surface area (TPSA) is 92.8 Å². The molecule has 0 aromatic heterocycles. The van der Waals surface area contributed by atoms with Crippen LogP contribution in [0.25, 0.3) is 0 Å². The van der Waals surface area contributed by atoms with Crippen molar-refractivity contribution in [1.29, 1.82) is 0 Å². The molecule has 0 atom stereocenters. The molecular formula is C12H18N2O3S2. The highest BCUT2D eigenvalue weighted by atomic mass is 32.2. The Morgan fingerprint density at radius 3 is 2.47 bits per heavy atom. The number of nitrogens with zero attached hydrogens (tertiary/aromatic N) is 1. The number of nitrogens with two attached hydrogens (primary N) is 1. The van der Waals surface area contributed by atoms with E-state index in [2.05, 4.69) is 5.16 Å². The van der Waals surface area contributed by atoms with Gasteiger partial charge in [0.25, 0.3) is 0 Å². The number of thioether (sulfide) groups is 1. The van der Waals surface area contributed by atoms with Gasteiger partial charge in [-0.15, -0.1) is 11.8 Å². The maximum absolute atomic E-state index is 11.3. The highest BCUT2D eigenvalue weighted by molar-refractivity contribution is 7.99. The summed E-state index contributed by atoms with van der Waals surface area (Å²) in [7, 11) is -3.12. The Morgan fingerprint density at radius 1 is 1.32 bits per heavy atom. The second-order valence-corrected chi connectivity index (χ2v) is 7.32. The van der Waals surface area contributed by atoms with Crippen LogP contribution in [0.15, 0.2) is 39.2 Å². The van der Waals surface area contributed by atoms with Gasteiger partial charge < -0.3 is 10.9 Å². The third-order valence-corrected chi connectivity index (χ3v) is 4.70. The molecule has 1 aromatic rings. The lowest BCUT2D eigenvalue weighted by molar-refractivity contribution is 0.316. The number of sulfone groups is 1. The predicted octanol–water partition coefficient (Wildman–Crippen LogP) is 2.10. The van der Waals surface area contributed by atoms with Gasteiger partial charge in [0.15, 0.2) is 9.84 Å². The fourth-order valence-corrected chi connectivity index (χ4v) is 2.97. The Bertz CT molecular complexity index is 524. The molecule has 1 aromatic carbocycles. The molecule has 7 heteroatoms. The first kappa shape index (κ1) is 15.8. The third-order valence-electron chi connectivity index (χ3n) is 2.48. The van der Waals surface area contributed by atoms with Crippen LogP contribution in [0.2, 0.25) is 0 Å². The molecule has 1 rings (SSSR count). The second kappa shape index (κ2) is 7.40. The zero-order chi connectivity index (χ0) is 14.3. The van der Waals surface area contributed by atoms with Gasteiger partial charge in [0.1, 0.15) is 5.84 Å². The molecule has 0 aliphatic carbocycles. The maximum atomic E-state index is 11.3.